The van der Waals surface area contributed by atoms with Gasteiger partial charge in [-0.1, -0.05) is 12.5 Å². The SMILES string of the molecule is NC(=NCC1CCC1)NCCOc1cccc(F)c1. The Kier molecular flexibility index (Phi) is 5.01. The molecule has 0 aliphatic heterocycles. The van der Waals surface area contributed by atoms with Crippen LogP contribution in [0.1, 0.15) is 19.3 Å². The number of rotatable bonds is 6. The Hall–Kier alpha value is -1.78. The predicted octanol–water partition coefficient (Wildman–Crippen LogP) is 1.91. The van der Waals surface area contributed by atoms with Crippen molar-refractivity contribution in [2.24, 2.45) is 16.6 Å². The first-order chi connectivity index (χ1) is 9.24. The minimum atomic E-state index is -0.299. The van der Waals surface area contributed by atoms with Gasteiger partial charge in [-0.25, -0.2) is 4.39 Å². The third kappa shape index (κ3) is 4.77. The summed E-state index contributed by atoms with van der Waals surface area (Å²) in [6.07, 6.45) is 3.84. The smallest absolute Gasteiger partial charge is 0.188 e. The van der Waals surface area contributed by atoms with Crippen molar-refractivity contribution in [3.63, 3.8) is 0 Å². The van der Waals surface area contributed by atoms with Crippen LogP contribution in [-0.4, -0.2) is 25.7 Å². The number of nitrogens with one attached hydrogen (secondary N) is 1. The van der Waals surface area contributed by atoms with Gasteiger partial charge < -0.3 is 15.8 Å². The fraction of sp³-hybridized carbons (Fsp3) is 0.500. The second-order valence-electron chi connectivity index (χ2n) is 4.76. The van der Waals surface area contributed by atoms with Crippen molar-refractivity contribution in [3.05, 3.63) is 30.1 Å². The van der Waals surface area contributed by atoms with E-state index in [4.69, 9.17) is 10.5 Å². The average molecular weight is 265 g/mol. The van der Waals surface area contributed by atoms with Crippen LogP contribution >= 0.6 is 0 Å². The highest BCUT2D eigenvalue weighted by Gasteiger charge is 2.16. The zero-order chi connectivity index (χ0) is 13.5. The van der Waals surface area contributed by atoms with E-state index in [1.807, 2.05) is 0 Å². The zero-order valence-electron chi connectivity index (χ0n) is 10.9. The van der Waals surface area contributed by atoms with Gasteiger partial charge in [0.05, 0.1) is 6.54 Å². The highest BCUT2D eigenvalue weighted by atomic mass is 19.1. The summed E-state index contributed by atoms with van der Waals surface area (Å²) in [7, 11) is 0. The van der Waals surface area contributed by atoms with Crippen molar-refractivity contribution in [1.82, 2.24) is 5.32 Å². The molecule has 2 rings (SSSR count). The molecule has 1 aromatic rings. The van der Waals surface area contributed by atoms with Gasteiger partial charge in [0.1, 0.15) is 18.2 Å². The van der Waals surface area contributed by atoms with E-state index >= 15 is 0 Å². The summed E-state index contributed by atoms with van der Waals surface area (Å²) in [5.41, 5.74) is 5.73. The van der Waals surface area contributed by atoms with Gasteiger partial charge in [0.2, 0.25) is 0 Å². The Morgan fingerprint density at radius 3 is 3.00 bits per heavy atom. The lowest BCUT2D eigenvalue weighted by molar-refractivity contribution is 0.319. The fourth-order valence-electron chi connectivity index (χ4n) is 1.86. The summed E-state index contributed by atoms with van der Waals surface area (Å²) in [6.45, 7) is 1.78. The summed E-state index contributed by atoms with van der Waals surface area (Å²) in [5.74, 6) is 1.39. The van der Waals surface area contributed by atoms with E-state index in [0.29, 0.717) is 30.8 Å². The van der Waals surface area contributed by atoms with Gasteiger partial charge in [-0.3, -0.25) is 4.99 Å². The van der Waals surface area contributed by atoms with Gasteiger partial charge in [0, 0.05) is 12.6 Å². The highest BCUT2D eigenvalue weighted by molar-refractivity contribution is 5.77. The van der Waals surface area contributed by atoms with E-state index in [2.05, 4.69) is 10.3 Å². The summed E-state index contributed by atoms with van der Waals surface area (Å²) >= 11 is 0. The van der Waals surface area contributed by atoms with Crippen molar-refractivity contribution in [2.45, 2.75) is 19.3 Å². The molecule has 0 radical (unpaired) electrons. The number of aliphatic imine (C=N–C) groups is 1. The maximum Gasteiger partial charge on any atom is 0.188 e. The lowest BCUT2D eigenvalue weighted by Crippen LogP contribution is -2.35. The van der Waals surface area contributed by atoms with Crippen LogP contribution in [0.4, 0.5) is 4.39 Å². The minimum Gasteiger partial charge on any atom is -0.492 e. The Labute approximate surface area is 112 Å². The van der Waals surface area contributed by atoms with E-state index in [9.17, 15) is 4.39 Å². The molecule has 0 amide bonds. The van der Waals surface area contributed by atoms with Crippen LogP contribution in [0.25, 0.3) is 0 Å². The number of benzene rings is 1. The molecule has 1 saturated carbocycles. The highest BCUT2D eigenvalue weighted by Crippen LogP contribution is 2.26. The van der Waals surface area contributed by atoms with E-state index in [-0.39, 0.29) is 5.82 Å². The maximum absolute atomic E-state index is 12.9. The zero-order valence-corrected chi connectivity index (χ0v) is 10.9. The monoisotopic (exact) mass is 265 g/mol. The third-order valence-electron chi connectivity index (χ3n) is 3.22. The lowest BCUT2D eigenvalue weighted by Gasteiger charge is -2.23. The largest absolute Gasteiger partial charge is 0.492 e. The number of nitrogens with zero attached hydrogens (tertiary/aromatic N) is 1. The molecule has 4 nitrogen and oxygen atoms in total. The van der Waals surface area contributed by atoms with Gasteiger partial charge in [-0.2, -0.15) is 0 Å². The first-order valence-corrected chi connectivity index (χ1v) is 6.66. The molecule has 19 heavy (non-hydrogen) atoms. The summed E-state index contributed by atoms with van der Waals surface area (Å²) in [6, 6.07) is 6.08. The second kappa shape index (κ2) is 6.97. The van der Waals surface area contributed by atoms with Crippen molar-refractivity contribution >= 4 is 5.96 Å². The van der Waals surface area contributed by atoms with Crippen LogP contribution in [-0.2, 0) is 0 Å². The Balaban J connectivity index is 1.60. The standard InChI is InChI=1S/C14H20FN3O/c15-12-5-2-6-13(9-12)19-8-7-17-14(16)18-10-11-3-1-4-11/h2,5-6,9,11H,1,3-4,7-8,10H2,(H3,16,17,18). The molecule has 0 saturated heterocycles. The first-order valence-electron chi connectivity index (χ1n) is 6.66. The van der Waals surface area contributed by atoms with Gasteiger partial charge in [0.15, 0.2) is 5.96 Å². The molecule has 5 heteroatoms. The van der Waals surface area contributed by atoms with Crippen LogP contribution in [0.2, 0.25) is 0 Å². The summed E-state index contributed by atoms with van der Waals surface area (Å²) in [4.78, 5) is 4.27. The van der Waals surface area contributed by atoms with E-state index in [1.54, 1.807) is 12.1 Å². The van der Waals surface area contributed by atoms with E-state index in [0.717, 1.165) is 6.54 Å². The van der Waals surface area contributed by atoms with E-state index < -0.39 is 0 Å². The number of halogens is 1. The molecule has 0 bridgehead atoms. The number of ether oxygens (including phenoxy) is 1. The van der Waals surface area contributed by atoms with Gasteiger partial charge in [-0.05, 0) is 30.9 Å². The van der Waals surface area contributed by atoms with Gasteiger partial charge in [0.25, 0.3) is 0 Å². The maximum atomic E-state index is 12.9. The second-order valence-corrected chi connectivity index (χ2v) is 4.76. The number of hydrogen-bond acceptors (Lipinski definition) is 2. The van der Waals surface area contributed by atoms with Crippen molar-refractivity contribution in [2.75, 3.05) is 19.7 Å². The predicted molar refractivity (Wildman–Crippen MR) is 73.7 cm³/mol. The van der Waals surface area contributed by atoms with Crippen LogP contribution in [0.15, 0.2) is 29.3 Å². The first kappa shape index (κ1) is 13.6. The van der Waals surface area contributed by atoms with Crippen LogP contribution in [0, 0.1) is 11.7 Å². The molecule has 0 unspecified atom stereocenters. The quantitative estimate of drug-likeness (QED) is 0.469. The van der Waals surface area contributed by atoms with Crippen LogP contribution in [0.3, 0.4) is 0 Å². The van der Waals surface area contributed by atoms with Crippen molar-refractivity contribution in [3.8, 4) is 5.75 Å². The normalized spacial score (nSPS) is 15.9. The molecule has 1 fully saturated rings. The summed E-state index contributed by atoms with van der Waals surface area (Å²) < 4.78 is 18.3. The molecule has 3 N–H and O–H groups in total. The molecule has 1 aliphatic carbocycles. The number of hydrogen-bond donors (Lipinski definition) is 2. The van der Waals surface area contributed by atoms with Crippen molar-refractivity contribution < 1.29 is 9.13 Å². The van der Waals surface area contributed by atoms with E-state index in [1.165, 1.54) is 31.4 Å². The average Bonchev–Trinajstić information content (AvgIpc) is 2.33. The third-order valence-corrected chi connectivity index (χ3v) is 3.22. The number of nitrogens with two attached hydrogens (primary N) is 1. The molecule has 1 aromatic carbocycles. The molecule has 1 aliphatic rings. The molecule has 0 aromatic heterocycles. The minimum absolute atomic E-state index is 0.299. The molecule has 0 atom stereocenters. The lowest BCUT2D eigenvalue weighted by atomic mass is 9.86. The number of guanidine groups is 1. The Morgan fingerprint density at radius 1 is 1.47 bits per heavy atom. The van der Waals surface area contributed by atoms with Crippen LogP contribution < -0.4 is 15.8 Å². The molecular weight excluding hydrogens is 245 g/mol. The Bertz CT molecular complexity index is 432. The fourth-order valence-corrected chi connectivity index (χ4v) is 1.86. The van der Waals surface area contributed by atoms with Crippen molar-refractivity contribution in [1.29, 1.82) is 0 Å². The molecule has 104 valence electrons. The molecule has 0 spiro atoms. The van der Waals surface area contributed by atoms with Gasteiger partial charge in [-0.15, -0.1) is 0 Å². The molecule has 0 heterocycles. The van der Waals surface area contributed by atoms with Gasteiger partial charge >= 0.3 is 0 Å². The summed E-state index contributed by atoms with van der Waals surface area (Å²) in [5, 5.41) is 2.98. The topological polar surface area (TPSA) is 59.6 Å². The Morgan fingerprint density at radius 2 is 2.32 bits per heavy atom. The van der Waals surface area contributed by atoms with Crippen LogP contribution in [0.5, 0.6) is 5.75 Å². The molecular formula is C14H20FN3O.